The molecule has 0 radical (unpaired) electrons. The van der Waals surface area contributed by atoms with Crippen LogP contribution >= 0.6 is 0 Å². The number of sulfone groups is 1. The van der Waals surface area contributed by atoms with Gasteiger partial charge in [-0.1, -0.05) is 0 Å². The first-order valence-electron chi connectivity index (χ1n) is 11.9. The van der Waals surface area contributed by atoms with Crippen molar-refractivity contribution in [2.75, 3.05) is 39.6 Å². The summed E-state index contributed by atoms with van der Waals surface area (Å²) in [6.07, 6.45) is 8.46. The molecule has 190 valence electrons. The maximum Gasteiger partial charge on any atom is 0.230 e. The molecule has 1 saturated heterocycles. The van der Waals surface area contributed by atoms with Crippen LogP contribution in [0.1, 0.15) is 19.3 Å². The number of likely N-dealkylation sites (tertiary alicyclic amines) is 1. The van der Waals surface area contributed by atoms with Crippen molar-refractivity contribution in [3.8, 4) is 23.1 Å². The van der Waals surface area contributed by atoms with Crippen LogP contribution < -0.4 is 14.2 Å². The molecule has 11 heteroatoms. The fourth-order valence-electron chi connectivity index (χ4n) is 4.51. The molecule has 0 unspecified atom stereocenters. The molecule has 10 nitrogen and oxygen atoms in total. The van der Waals surface area contributed by atoms with E-state index in [1.165, 1.54) is 12.6 Å². The number of hydrogen-bond donors (Lipinski definition) is 1. The zero-order chi connectivity index (χ0) is 25.1. The van der Waals surface area contributed by atoms with Crippen LogP contribution in [0.5, 0.6) is 23.1 Å². The second-order valence-corrected chi connectivity index (χ2v) is 11.3. The summed E-state index contributed by atoms with van der Waals surface area (Å²) in [6.45, 7) is 2.95. The summed E-state index contributed by atoms with van der Waals surface area (Å²) in [6, 6.07) is 7.47. The standard InChI is InChI=1S/C25H29N5O5S/c1-33-22-13-20-21(28-16-29-25(20)35-18-12-17-4-7-26-24(17)27-15-18)14-23(22)34-11-3-8-30-9-5-19(6-10-30)36(2,31)32/h4,7,12-16,19H,3,5-6,8-11H2,1-2H3,(H,26,27). The van der Waals surface area contributed by atoms with E-state index in [1.54, 1.807) is 13.3 Å². The normalized spacial score (nSPS) is 15.4. The highest BCUT2D eigenvalue weighted by molar-refractivity contribution is 7.91. The number of fused-ring (bicyclic) bond motifs is 2. The summed E-state index contributed by atoms with van der Waals surface area (Å²) in [4.78, 5) is 18.4. The Morgan fingerprint density at radius 3 is 2.72 bits per heavy atom. The first kappa shape index (κ1) is 24.3. The van der Waals surface area contributed by atoms with Gasteiger partial charge in [-0.2, -0.15) is 0 Å². The Morgan fingerprint density at radius 1 is 1.11 bits per heavy atom. The van der Waals surface area contributed by atoms with Gasteiger partial charge in [0.2, 0.25) is 5.88 Å². The van der Waals surface area contributed by atoms with Crippen LogP contribution in [0.25, 0.3) is 21.9 Å². The zero-order valence-electron chi connectivity index (χ0n) is 20.3. The van der Waals surface area contributed by atoms with Crippen molar-refractivity contribution in [3.05, 3.63) is 43.0 Å². The number of pyridine rings is 1. The fourth-order valence-corrected chi connectivity index (χ4v) is 5.58. The number of piperidine rings is 1. The Kier molecular flexibility index (Phi) is 6.92. The Bertz CT molecular complexity index is 1460. The summed E-state index contributed by atoms with van der Waals surface area (Å²) in [5.74, 6) is 2.14. The summed E-state index contributed by atoms with van der Waals surface area (Å²) >= 11 is 0. The van der Waals surface area contributed by atoms with Crippen LogP contribution in [0.4, 0.5) is 0 Å². The second kappa shape index (κ2) is 10.3. The summed E-state index contributed by atoms with van der Waals surface area (Å²) in [5.41, 5.74) is 1.46. The minimum Gasteiger partial charge on any atom is -0.493 e. The summed E-state index contributed by atoms with van der Waals surface area (Å²) in [7, 11) is -1.36. The Hall–Kier alpha value is -3.44. The number of benzene rings is 1. The smallest absolute Gasteiger partial charge is 0.230 e. The molecule has 1 aliphatic rings. The number of rotatable bonds is 9. The molecule has 0 atom stereocenters. The highest BCUT2D eigenvalue weighted by atomic mass is 32.2. The third-order valence-corrected chi connectivity index (χ3v) is 8.17. The number of hydrogen-bond acceptors (Lipinski definition) is 9. The fraction of sp³-hybridized carbons (Fsp3) is 0.400. The van der Waals surface area contributed by atoms with Crippen LogP contribution in [0.3, 0.4) is 0 Å². The number of H-pyrrole nitrogens is 1. The summed E-state index contributed by atoms with van der Waals surface area (Å²) < 4.78 is 41.1. The van der Waals surface area contributed by atoms with Gasteiger partial charge in [0.05, 0.1) is 36.1 Å². The lowest BCUT2D eigenvalue weighted by Gasteiger charge is -2.30. The van der Waals surface area contributed by atoms with Crippen molar-refractivity contribution in [1.29, 1.82) is 0 Å². The predicted molar refractivity (Wildman–Crippen MR) is 137 cm³/mol. The van der Waals surface area contributed by atoms with Crippen LogP contribution in [-0.2, 0) is 9.84 Å². The predicted octanol–water partition coefficient (Wildman–Crippen LogP) is 3.58. The SMILES string of the molecule is COc1cc2c(Oc3cnc4[nH]ccc4c3)ncnc2cc1OCCCN1CCC(S(C)(=O)=O)CC1. The van der Waals surface area contributed by atoms with Gasteiger partial charge < -0.3 is 24.1 Å². The van der Waals surface area contributed by atoms with Gasteiger partial charge in [0.25, 0.3) is 0 Å². The van der Waals surface area contributed by atoms with Crippen molar-refractivity contribution in [1.82, 2.24) is 24.8 Å². The van der Waals surface area contributed by atoms with E-state index in [4.69, 9.17) is 14.2 Å². The van der Waals surface area contributed by atoms with Crippen molar-refractivity contribution in [3.63, 3.8) is 0 Å². The number of ether oxygens (including phenoxy) is 3. The highest BCUT2D eigenvalue weighted by Crippen LogP contribution is 2.36. The van der Waals surface area contributed by atoms with Crippen molar-refractivity contribution in [2.24, 2.45) is 0 Å². The number of nitrogens with zero attached hydrogens (tertiary/aromatic N) is 4. The Morgan fingerprint density at radius 2 is 1.94 bits per heavy atom. The van der Waals surface area contributed by atoms with Crippen LogP contribution in [0.2, 0.25) is 0 Å². The van der Waals surface area contributed by atoms with E-state index in [9.17, 15) is 8.42 Å². The van der Waals surface area contributed by atoms with Gasteiger partial charge in [0.1, 0.15) is 27.6 Å². The third kappa shape index (κ3) is 5.36. The van der Waals surface area contributed by atoms with Crippen LogP contribution in [0.15, 0.2) is 43.0 Å². The zero-order valence-corrected chi connectivity index (χ0v) is 21.1. The van der Waals surface area contributed by atoms with E-state index in [0.29, 0.717) is 53.5 Å². The largest absolute Gasteiger partial charge is 0.493 e. The molecule has 0 aliphatic carbocycles. The molecule has 0 saturated carbocycles. The van der Waals surface area contributed by atoms with Gasteiger partial charge in [0.15, 0.2) is 11.5 Å². The Balaban J connectivity index is 1.23. The molecule has 1 aromatic carbocycles. The van der Waals surface area contributed by atoms with E-state index < -0.39 is 9.84 Å². The molecule has 1 fully saturated rings. The molecule has 0 amide bonds. The van der Waals surface area contributed by atoms with E-state index in [-0.39, 0.29) is 5.25 Å². The molecule has 4 aromatic rings. The van der Waals surface area contributed by atoms with Crippen molar-refractivity contribution in [2.45, 2.75) is 24.5 Å². The molecule has 0 spiro atoms. The number of methoxy groups -OCH3 is 1. The molecule has 4 heterocycles. The van der Waals surface area contributed by atoms with Crippen LogP contribution in [0, 0.1) is 0 Å². The van der Waals surface area contributed by atoms with Gasteiger partial charge in [-0.05, 0) is 50.6 Å². The van der Waals surface area contributed by atoms with E-state index in [2.05, 4.69) is 24.8 Å². The third-order valence-electron chi connectivity index (χ3n) is 6.49. The molecule has 5 rings (SSSR count). The van der Waals surface area contributed by atoms with Gasteiger partial charge >= 0.3 is 0 Å². The average molecular weight is 512 g/mol. The molecule has 1 aliphatic heterocycles. The lowest BCUT2D eigenvalue weighted by molar-refractivity contribution is 0.204. The van der Waals surface area contributed by atoms with Crippen molar-refractivity contribution >= 4 is 31.8 Å². The first-order valence-corrected chi connectivity index (χ1v) is 13.8. The van der Waals surface area contributed by atoms with E-state index in [0.717, 1.165) is 37.1 Å². The first-order chi connectivity index (χ1) is 17.4. The van der Waals surface area contributed by atoms with E-state index in [1.807, 2.05) is 30.5 Å². The molecular formula is C25H29N5O5S. The quantitative estimate of drug-likeness (QED) is 0.336. The lowest BCUT2D eigenvalue weighted by atomic mass is 10.1. The molecule has 3 aromatic heterocycles. The van der Waals surface area contributed by atoms with Gasteiger partial charge in [-0.15, -0.1) is 0 Å². The van der Waals surface area contributed by atoms with Crippen LogP contribution in [-0.4, -0.2) is 78.1 Å². The van der Waals surface area contributed by atoms with Crippen molar-refractivity contribution < 1.29 is 22.6 Å². The lowest BCUT2D eigenvalue weighted by Crippen LogP contribution is -2.39. The second-order valence-electron chi connectivity index (χ2n) is 8.96. The average Bonchev–Trinajstić information content (AvgIpc) is 3.34. The molecule has 0 bridgehead atoms. The van der Waals surface area contributed by atoms with E-state index >= 15 is 0 Å². The topological polar surface area (TPSA) is 120 Å². The number of nitrogens with one attached hydrogen (secondary N) is 1. The highest BCUT2D eigenvalue weighted by Gasteiger charge is 2.26. The Labute approximate surface area is 209 Å². The monoisotopic (exact) mass is 511 g/mol. The number of aromatic amines is 1. The maximum atomic E-state index is 11.7. The summed E-state index contributed by atoms with van der Waals surface area (Å²) in [5, 5.41) is 1.43. The van der Waals surface area contributed by atoms with Gasteiger partial charge in [0, 0.05) is 30.4 Å². The minimum absolute atomic E-state index is 0.212. The number of aromatic nitrogens is 4. The molecular weight excluding hydrogens is 482 g/mol. The molecule has 1 N–H and O–H groups in total. The minimum atomic E-state index is -2.95. The molecule has 36 heavy (non-hydrogen) atoms. The van der Waals surface area contributed by atoms with Gasteiger partial charge in [-0.25, -0.2) is 23.4 Å². The maximum absolute atomic E-state index is 11.7. The van der Waals surface area contributed by atoms with Gasteiger partial charge in [-0.3, -0.25) is 0 Å².